The van der Waals surface area contributed by atoms with Crippen LogP contribution in [0.25, 0.3) is 0 Å². The van der Waals surface area contributed by atoms with E-state index in [9.17, 15) is 4.39 Å². The number of pyridine rings is 1. The summed E-state index contributed by atoms with van der Waals surface area (Å²) in [6, 6.07) is 2.29. The van der Waals surface area contributed by atoms with Gasteiger partial charge < -0.3 is 15.4 Å². The number of methoxy groups -OCH3 is 1. The number of hydrogen-bond donors (Lipinski definition) is 2. The Hall–Kier alpha value is -1.20. The molecule has 1 aromatic rings. The van der Waals surface area contributed by atoms with Crippen molar-refractivity contribution in [2.75, 3.05) is 19.0 Å². The monoisotopic (exact) mass is 253 g/mol. The van der Waals surface area contributed by atoms with Crippen molar-refractivity contribution in [1.82, 2.24) is 10.3 Å². The third-order valence-electron chi connectivity index (χ3n) is 3.09. The summed E-state index contributed by atoms with van der Waals surface area (Å²) in [4.78, 5) is 4.02. The quantitative estimate of drug-likeness (QED) is 0.779. The third-order valence-corrected chi connectivity index (χ3v) is 3.09. The molecule has 0 amide bonds. The fourth-order valence-corrected chi connectivity index (χ4v) is 1.61. The molecule has 5 heteroatoms. The minimum Gasteiger partial charge on any atom is -0.380 e. The first-order valence-electron chi connectivity index (χ1n) is 6.34. The van der Waals surface area contributed by atoms with E-state index < -0.39 is 0 Å². The van der Waals surface area contributed by atoms with Crippen LogP contribution < -0.4 is 10.6 Å². The second-order valence-electron chi connectivity index (χ2n) is 4.72. The summed E-state index contributed by atoms with van der Waals surface area (Å²) in [7, 11) is 1.63. The average molecular weight is 253 g/mol. The van der Waals surface area contributed by atoms with Crippen LogP contribution in [0.4, 0.5) is 10.2 Å². The maximum atomic E-state index is 14.1. The van der Waals surface area contributed by atoms with Crippen molar-refractivity contribution in [3.05, 3.63) is 23.6 Å². The Balaban J connectivity index is 1.94. The molecule has 0 aliphatic heterocycles. The van der Waals surface area contributed by atoms with Gasteiger partial charge in [-0.05, 0) is 25.8 Å². The van der Waals surface area contributed by atoms with Gasteiger partial charge in [-0.15, -0.1) is 0 Å². The van der Waals surface area contributed by atoms with Crippen molar-refractivity contribution in [3.63, 3.8) is 0 Å². The van der Waals surface area contributed by atoms with Gasteiger partial charge in [-0.2, -0.15) is 0 Å². The van der Waals surface area contributed by atoms with Crippen LogP contribution in [0, 0.1) is 5.82 Å². The molecule has 2 rings (SSSR count). The molecule has 1 heterocycles. The van der Waals surface area contributed by atoms with E-state index in [1.165, 1.54) is 12.8 Å². The van der Waals surface area contributed by atoms with Gasteiger partial charge in [0.1, 0.15) is 0 Å². The molecule has 0 saturated heterocycles. The van der Waals surface area contributed by atoms with E-state index in [0.29, 0.717) is 30.5 Å². The van der Waals surface area contributed by atoms with Crippen molar-refractivity contribution >= 4 is 5.82 Å². The highest BCUT2D eigenvalue weighted by atomic mass is 19.1. The van der Waals surface area contributed by atoms with Crippen LogP contribution in [-0.4, -0.2) is 30.8 Å². The van der Waals surface area contributed by atoms with Gasteiger partial charge in [0.05, 0.1) is 6.10 Å². The molecule has 4 nitrogen and oxygen atoms in total. The van der Waals surface area contributed by atoms with Crippen molar-refractivity contribution < 1.29 is 9.13 Å². The lowest BCUT2D eigenvalue weighted by atomic mass is 10.2. The predicted molar refractivity (Wildman–Crippen MR) is 69.0 cm³/mol. The van der Waals surface area contributed by atoms with Crippen LogP contribution in [0.15, 0.2) is 12.3 Å². The first kappa shape index (κ1) is 13.2. The minimum absolute atomic E-state index is 0.0273. The molecule has 1 aromatic heterocycles. The van der Waals surface area contributed by atoms with Crippen LogP contribution in [-0.2, 0) is 11.3 Å². The van der Waals surface area contributed by atoms with E-state index in [-0.39, 0.29) is 11.9 Å². The van der Waals surface area contributed by atoms with E-state index in [2.05, 4.69) is 15.6 Å². The molecular weight excluding hydrogens is 233 g/mol. The Labute approximate surface area is 107 Å². The smallest absolute Gasteiger partial charge is 0.169 e. The molecule has 1 aliphatic carbocycles. The molecule has 1 fully saturated rings. The largest absolute Gasteiger partial charge is 0.380 e. The average Bonchev–Trinajstić information content (AvgIpc) is 3.19. The first-order valence-corrected chi connectivity index (χ1v) is 6.34. The maximum absolute atomic E-state index is 14.1. The SMILES string of the molecule is COC(C)CNc1nccc(CNC2CC2)c1F. The van der Waals surface area contributed by atoms with E-state index >= 15 is 0 Å². The highest BCUT2D eigenvalue weighted by Crippen LogP contribution is 2.21. The Morgan fingerprint density at radius 3 is 3.00 bits per heavy atom. The number of hydrogen-bond acceptors (Lipinski definition) is 4. The Kier molecular flexibility index (Phi) is 4.49. The topological polar surface area (TPSA) is 46.2 Å². The summed E-state index contributed by atoms with van der Waals surface area (Å²) in [5.41, 5.74) is 0.657. The molecular formula is C13H20FN3O. The van der Waals surface area contributed by atoms with Crippen LogP contribution in [0.1, 0.15) is 25.3 Å². The van der Waals surface area contributed by atoms with Crippen molar-refractivity contribution in [2.45, 2.75) is 38.5 Å². The highest BCUT2D eigenvalue weighted by Gasteiger charge is 2.21. The second-order valence-corrected chi connectivity index (χ2v) is 4.72. The second kappa shape index (κ2) is 6.11. The van der Waals surface area contributed by atoms with E-state index in [0.717, 1.165) is 0 Å². The normalized spacial score (nSPS) is 16.6. The lowest BCUT2D eigenvalue weighted by Gasteiger charge is -2.13. The zero-order chi connectivity index (χ0) is 13.0. The van der Waals surface area contributed by atoms with Crippen molar-refractivity contribution in [2.24, 2.45) is 0 Å². The lowest BCUT2D eigenvalue weighted by Crippen LogP contribution is -2.21. The molecule has 18 heavy (non-hydrogen) atoms. The van der Waals surface area contributed by atoms with Crippen LogP contribution in [0.2, 0.25) is 0 Å². The van der Waals surface area contributed by atoms with Gasteiger partial charge in [-0.3, -0.25) is 0 Å². The molecule has 0 radical (unpaired) electrons. The van der Waals surface area contributed by atoms with E-state index in [1.807, 2.05) is 6.92 Å². The molecule has 1 aliphatic rings. The van der Waals surface area contributed by atoms with E-state index in [4.69, 9.17) is 4.74 Å². The number of ether oxygens (including phenoxy) is 1. The van der Waals surface area contributed by atoms with Gasteiger partial charge in [-0.25, -0.2) is 9.37 Å². The predicted octanol–water partition coefficient (Wildman–Crippen LogP) is 1.92. The van der Waals surface area contributed by atoms with Crippen molar-refractivity contribution in [3.8, 4) is 0 Å². The summed E-state index contributed by atoms with van der Waals surface area (Å²) < 4.78 is 19.2. The molecule has 0 spiro atoms. The fraction of sp³-hybridized carbons (Fsp3) is 0.615. The van der Waals surface area contributed by atoms with Gasteiger partial charge in [0, 0.05) is 38.0 Å². The Morgan fingerprint density at radius 1 is 1.56 bits per heavy atom. The van der Waals surface area contributed by atoms with Crippen molar-refractivity contribution in [1.29, 1.82) is 0 Å². The molecule has 2 N–H and O–H groups in total. The standard InChI is InChI=1S/C13H20FN3O/c1-9(18-2)7-17-13-12(14)10(5-6-15-13)8-16-11-3-4-11/h5-6,9,11,16H,3-4,7-8H2,1-2H3,(H,15,17). The molecule has 1 atom stereocenters. The van der Waals surface area contributed by atoms with Gasteiger partial charge in [-0.1, -0.05) is 0 Å². The molecule has 100 valence electrons. The van der Waals surface area contributed by atoms with Gasteiger partial charge in [0.2, 0.25) is 0 Å². The maximum Gasteiger partial charge on any atom is 0.169 e. The molecule has 1 saturated carbocycles. The van der Waals surface area contributed by atoms with Crippen LogP contribution in [0.5, 0.6) is 0 Å². The fourth-order valence-electron chi connectivity index (χ4n) is 1.61. The van der Waals surface area contributed by atoms with Gasteiger partial charge in [0.15, 0.2) is 11.6 Å². The summed E-state index contributed by atoms with van der Waals surface area (Å²) in [5.74, 6) is 0.0305. The summed E-state index contributed by atoms with van der Waals surface area (Å²) in [5, 5.41) is 6.27. The zero-order valence-corrected chi connectivity index (χ0v) is 10.9. The van der Waals surface area contributed by atoms with Crippen LogP contribution in [0.3, 0.4) is 0 Å². The molecule has 0 aromatic carbocycles. The summed E-state index contributed by atoms with van der Waals surface area (Å²) >= 11 is 0. The first-order chi connectivity index (χ1) is 8.70. The minimum atomic E-state index is -0.269. The summed E-state index contributed by atoms with van der Waals surface area (Å²) in [6.07, 6.45) is 4.05. The number of nitrogens with one attached hydrogen (secondary N) is 2. The number of rotatable bonds is 7. The van der Waals surface area contributed by atoms with E-state index in [1.54, 1.807) is 19.4 Å². The number of nitrogens with zero attached hydrogens (tertiary/aromatic N) is 1. The molecule has 0 bridgehead atoms. The Bertz CT molecular complexity index is 396. The lowest BCUT2D eigenvalue weighted by molar-refractivity contribution is 0.128. The number of anilines is 1. The summed E-state index contributed by atoms with van der Waals surface area (Å²) in [6.45, 7) is 3.02. The third kappa shape index (κ3) is 3.65. The zero-order valence-electron chi connectivity index (χ0n) is 10.9. The Morgan fingerprint density at radius 2 is 2.33 bits per heavy atom. The number of aromatic nitrogens is 1. The number of halogens is 1. The highest BCUT2D eigenvalue weighted by molar-refractivity contribution is 5.40. The molecule has 1 unspecified atom stereocenters. The van der Waals surface area contributed by atoms with Crippen LogP contribution >= 0.6 is 0 Å². The van der Waals surface area contributed by atoms with Gasteiger partial charge >= 0.3 is 0 Å². The van der Waals surface area contributed by atoms with Gasteiger partial charge in [0.25, 0.3) is 0 Å².